The van der Waals surface area contributed by atoms with Gasteiger partial charge in [-0.3, -0.25) is 4.79 Å². The Morgan fingerprint density at radius 3 is 3.06 bits per heavy atom. The number of ether oxygens (including phenoxy) is 1. The Labute approximate surface area is 106 Å². The quantitative estimate of drug-likeness (QED) is 0.846. The van der Waals surface area contributed by atoms with Gasteiger partial charge in [0.2, 0.25) is 5.91 Å². The van der Waals surface area contributed by atoms with Crippen molar-refractivity contribution in [2.24, 2.45) is 0 Å². The zero-order valence-electron chi connectivity index (χ0n) is 10.3. The van der Waals surface area contributed by atoms with E-state index in [2.05, 4.69) is 10.6 Å². The second kappa shape index (κ2) is 5.82. The molecule has 1 aromatic carbocycles. The number of hydrogen-bond donors (Lipinski definition) is 2. The third-order valence-corrected chi connectivity index (χ3v) is 3.09. The molecule has 0 aromatic heterocycles. The number of rotatable bonds is 4. The van der Waals surface area contributed by atoms with Crippen molar-refractivity contribution in [3.8, 4) is 5.75 Å². The van der Waals surface area contributed by atoms with Crippen molar-refractivity contribution in [2.75, 3.05) is 13.7 Å². The van der Waals surface area contributed by atoms with Crippen LogP contribution in [0.25, 0.3) is 0 Å². The summed E-state index contributed by atoms with van der Waals surface area (Å²) in [6, 6.07) is 4.48. The van der Waals surface area contributed by atoms with Crippen LogP contribution in [0.3, 0.4) is 0 Å². The first kappa shape index (κ1) is 12.8. The van der Waals surface area contributed by atoms with Gasteiger partial charge >= 0.3 is 0 Å². The summed E-state index contributed by atoms with van der Waals surface area (Å²) >= 11 is 0. The van der Waals surface area contributed by atoms with Crippen LogP contribution in [0.5, 0.6) is 5.75 Å². The molecule has 1 aliphatic heterocycles. The summed E-state index contributed by atoms with van der Waals surface area (Å²) < 4.78 is 18.5. The molecule has 98 valence electrons. The standard InChI is InChI=1S/C13H17FN2O2/c1-18-10-5-4-9(11(14)7-10)8-16-13(17)12-3-2-6-15-12/h4-5,7,12,15H,2-3,6,8H2,1H3,(H,16,17). The van der Waals surface area contributed by atoms with Gasteiger partial charge in [0.1, 0.15) is 11.6 Å². The van der Waals surface area contributed by atoms with E-state index >= 15 is 0 Å². The fourth-order valence-electron chi connectivity index (χ4n) is 2.01. The van der Waals surface area contributed by atoms with Gasteiger partial charge in [-0.05, 0) is 25.5 Å². The zero-order valence-corrected chi connectivity index (χ0v) is 10.3. The van der Waals surface area contributed by atoms with Gasteiger partial charge in [0, 0.05) is 18.2 Å². The van der Waals surface area contributed by atoms with Crippen LogP contribution in [0.2, 0.25) is 0 Å². The summed E-state index contributed by atoms with van der Waals surface area (Å²) in [7, 11) is 1.49. The third-order valence-electron chi connectivity index (χ3n) is 3.09. The molecule has 1 unspecified atom stereocenters. The lowest BCUT2D eigenvalue weighted by Gasteiger charge is -2.11. The van der Waals surface area contributed by atoms with Gasteiger partial charge in [-0.2, -0.15) is 0 Å². The summed E-state index contributed by atoms with van der Waals surface area (Å²) in [5.74, 6) is 0.0387. The number of benzene rings is 1. The molecule has 2 N–H and O–H groups in total. The lowest BCUT2D eigenvalue weighted by Crippen LogP contribution is -2.40. The molecule has 0 aliphatic carbocycles. The van der Waals surface area contributed by atoms with Crippen molar-refractivity contribution in [1.29, 1.82) is 0 Å². The Hall–Kier alpha value is -1.62. The number of carbonyl (C=O) groups excluding carboxylic acids is 1. The maximum absolute atomic E-state index is 13.6. The van der Waals surface area contributed by atoms with E-state index in [1.165, 1.54) is 13.2 Å². The molecule has 1 aromatic rings. The first-order chi connectivity index (χ1) is 8.70. The van der Waals surface area contributed by atoms with Crippen LogP contribution in [0.1, 0.15) is 18.4 Å². The Morgan fingerprint density at radius 2 is 2.44 bits per heavy atom. The van der Waals surface area contributed by atoms with Gasteiger partial charge in [-0.1, -0.05) is 6.07 Å². The van der Waals surface area contributed by atoms with E-state index in [1.54, 1.807) is 12.1 Å². The van der Waals surface area contributed by atoms with Crippen molar-refractivity contribution >= 4 is 5.91 Å². The summed E-state index contributed by atoms with van der Waals surface area (Å²) in [5.41, 5.74) is 0.460. The molecule has 1 saturated heterocycles. The predicted molar refractivity (Wildman–Crippen MR) is 65.8 cm³/mol. The van der Waals surface area contributed by atoms with E-state index in [4.69, 9.17) is 4.74 Å². The zero-order chi connectivity index (χ0) is 13.0. The third kappa shape index (κ3) is 2.98. The van der Waals surface area contributed by atoms with Gasteiger partial charge in [0.25, 0.3) is 0 Å². The predicted octanol–water partition coefficient (Wildman–Crippen LogP) is 1.20. The average molecular weight is 252 g/mol. The van der Waals surface area contributed by atoms with E-state index < -0.39 is 0 Å². The highest BCUT2D eigenvalue weighted by Gasteiger charge is 2.21. The van der Waals surface area contributed by atoms with Gasteiger partial charge in [0.05, 0.1) is 13.2 Å². The summed E-state index contributed by atoms with van der Waals surface area (Å²) in [6.07, 6.45) is 1.85. The van der Waals surface area contributed by atoms with Crippen LogP contribution >= 0.6 is 0 Å². The molecule has 0 radical (unpaired) electrons. The van der Waals surface area contributed by atoms with E-state index in [1.807, 2.05) is 0 Å². The highest BCUT2D eigenvalue weighted by Crippen LogP contribution is 2.16. The van der Waals surface area contributed by atoms with Crippen molar-refractivity contribution < 1.29 is 13.9 Å². The summed E-state index contributed by atoms with van der Waals surface area (Å²) in [5, 5.41) is 5.84. The normalized spacial score (nSPS) is 18.7. The van der Waals surface area contributed by atoms with E-state index in [9.17, 15) is 9.18 Å². The molecule has 1 heterocycles. The SMILES string of the molecule is COc1ccc(CNC(=O)C2CCCN2)c(F)c1. The molecule has 0 saturated carbocycles. The van der Waals surface area contributed by atoms with Crippen LogP contribution in [0, 0.1) is 5.82 Å². The fourth-order valence-corrected chi connectivity index (χ4v) is 2.01. The molecule has 0 bridgehead atoms. The van der Waals surface area contributed by atoms with Crippen molar-refractivity contribution in [3.63, 3.8) is 0 Å². The van der Waals surface area contributed by atoms with Crippen LogP contribution in [0.4, 0.5) is 4.39 Å². The molecule has 0 spiro atoms. The Bertz CT molecular complexity index is 431. The molecule has 1 fully saturated rings. The number of carbonyl (C=O) groups is 1. The number of methoxy groups -OCH3 is 1. The smallest absolute Gasteiger partial charge is 0.237 e. The second-order valence-corrected chi connectivity index (χ2v) is 4.32. The van der Waals surface area contributed by atoms with Crippen LogP contribution < -0.4 is 15.4 Å². The first-order valence-corrected chi connectivity index (χ1v) is 6.04. The van der Waals surface area contributed by atoms with E-state index in [0.717, 1.165) is 19.4 Å². The van der Waals surface area contributed by atoms with Crippen LogP contribution in [-0.2, 0) is 11.3 Å². The minimum Gasteiger partial charge on any atom is -0.497 e. The molecule has 1 atom stereocenters. The van der Waals surface area contributed by atoms with Gasteiger partial charge in [0.15, 0.2) is 0 Å². The maximum Gasteiger partial charge on any atom is 0.237 e. The molecule has 18 heavy (non-hydrogen) atoms. The van der Waals surface area contributed by atoms with Gasteiger partial charge < -0.3 is 15.4 Å². The molecule has 1 aliphatic rings. The van der Waals surface area contributed by atoms with Crippen LogP contribution in [-0.4, -0.2) is 25.6 Å². The number of hydrogen-bond acceptors (Lipinski definition) is 3. The lowest BCUT2D eigenvalue weighted by molar-refractivity contribution is -0.122. The van der Waals surface area contributed by atoms with Crippen LogP contribution in [0.15, 0.2) is 18.2 Å². The molecule has 1 amide bonds. The van der Waals surface area contributed by atoms with Crippen molar-refractivity contribution in [3.05, 3.63) is 29.6 Å². The molecule has 4 nitrogen and oxygen atoms in total. The molecule has 2 rings (SSSR count). The van der Waals surface area contributed by atoms with Crippen molar-refractivity contribution in [1.82, 2.24) is 10.6 Å². The van der Waals surface area contributed by atoms with Gasteiger partial charge in [-0.15, -0.1) is 0 Å². The summed E-state index contributed by atoms with van der Waals surface area (Å²) in [6.45, 7) is 1.07. The lowest BCUT2D eigenvalue weighted by atomic mass is 10.2. The average Bonchev–Trinajstić information content (AvgIpc) is 2.90. The monoisotopic (exact) mass is 252 g/mol. The maximum atomic E-state index is 13.6. The Morgan fingerprint density at radius 1 is 1.61 bits per heavy atom. The van der Waals surface area contributed by atoms with E-state index in [-0.39, 0.29) is 24.3 Å². The summed E-state index contributed by atoms with van der Waals surface area (Å²) in [4.78, 5) is 11.7. The molecule has 5 heteroatoms. The van der Waals surface area contributed by atoms with E-state index in [0.29, 0.717) is 11.3 Å². The molecular formula is C13H17FN2O2. The minimum atomic E-state index is -0.367. The highest BCUT2D eigenvalue weighted by atomic mass is 19.1. The second-order valence-electron chi connectivity index (χ2n) is 4.32. The molecular weight excluding hydrogens is 235 g/mol. The Kier molecular flexibility index (Phi) is 4.15. The minimum absolute atomic E-state index is 0.0669. The topological polar surface area (TPSA) is 50.4 Å². The largest absolute Gasteiger partial charge is 0.497 e. The number of halogens is 1. The highest BCUT2D eigenvalue weighted by molar-refractivity contribution is 5.81. The Balaban J connectivity index is 1.91. The first-order valence-electron chi connectivity index (χ1n) is 6.04. The fraction of sp³-hybridized carbons (Fsp3) is 0.462. The number of nitrogens with one attached hydrogen (secondary N) is 2. The van der Waals surface area contributed by atoms with Gasteiger partial charge in [-0.25, -0.2) is 4.39 Å². The van der Waals surface area contributed by atoms with Crippen molar-refractivity contribution in [2.45, 2.75) is 25.4 Å². The number of amides is 1.